The first-order chi connectivity index (χ1) is 9.96. The molecule has 1 aliphatic rings. The van der Waals surface area contributed by atoms with Crippen LogP contribution in [0.1, 0.15) is 45.5 Å². The number of rotatable bonds is 4. The van der Waals surface area contributed by atoms with E-state index >= 15 is 0 Å². The van der Waals surface area contributed by atoms with E-state index in [0.717, 1.165) is 24.4 Å². The van der Waals surface area contributed by atoms with Crippen molar-refractivity contribution in [1.29, 1.82) is 0 Å². The lowest BCUT2D eigenvalue weighted by atomic mass is 10.2. The number of nitrogens with one attached hydrogen (secondary N) is 1. The van der Waals surface area contributed by atoms with Gasteiger partial charge in [-0.2, -0.15) is 5.10 Å². The van der Waals surface area contributed by atoms with Crippen molar-refractivity contribution in [2.45, 2.75) is 65.7 Å². The molecule has 2 rings (SSSR count). The van der Waals surface area contributed by atoms with Gasteiger partial charge in [-0.25, -0.2) is 0 Å². The Morgan fingerprint density at radius 3 is 2.67 bits per heavy atom. The third-order valence-corrected chi connectivity index (χ3v) is 3.95. The molecule has 2 heterocycles. The zero-order valence-electron chi connectivity index (χ0n) is 13.2. The van der Waals surface area contributed by atoms with Gasteiger partial charge in [0.05, 0.1) is 17.9 Å². The van der Waals surface area contributed by atoms with Gasteiger partial charge < -0.3 is 10.2 Å². The van der Waals surface area contributed by atoms with Crippen molar-refractivity contribution in [3.05, 3.63) is 17.5 Å². The van der Waals surface area contributed by atoms with Crippen LogP contribution in [0.3, 0.4) is 0 Å². The lowest BCUT2D eigenvalue weighted by molar-refractivity contribution is -0.135. The van der Waals surface area contributed by atoms with Crippen LogP contribution in [0.25, 0.3) is 0 Å². The maximum atomic E-state index is 12.5. The second-order valence-electron chi connectivity index (χ2n) is 5.60. The fourth-order valence-electron chi connectivity index (χ4n) is 2.70. The number of hydrogen-bond acceptors (Lipinski definition) is 3. The van der Waals surface area contributed by atoms with Gasteiger partial charge in [-0.1, -0.05) is 6.92 Å². The summed E-state index contributed by atoms with van der Waals surface area (Å²) in [4.78, 5) is 26.0. The van der Waals surface area contributed by atoms with E-state index in [1.54, 1.807) is 11.8 Å². The maximum Gasteiger partial charge on any atom is 0.245 e. The molecule has 0 spiro atoms. The predicted octanol–water partition coefficient (Wildman–Crippen LogP) is 1.09. The van der Waals surface area contributed by atoms with Crippen LogP contribution in [0, 0.1) is 0 Å². The van der Waals surface area contributed by atoms with E-state index in [4.69, 9.17) is 0 Å². The monoisotopic (exact) mass is 292 g/mol. The number of carbonyl (C=O) groups is 2. The number of hydrogen-bond donors (Lipinski definition) is 1. The molecule has 2 amide bonds. The highest BCUT2D eigenvalue weighted by atomic mass is 16.2. The number of amides is 2. The summed E-state index contributed by atoms with van der Waals surface area (Å²) in [6.07, 6.45) is 1.22. The van der Waals surface area contributed by atoms with E-state index in [2.05, 4.69) is 17.3 Å². The summed E-state index contributed by atoms with van der Waals surface area (Å²) in [5.74, 6) is -0.0978. The average Bonchev–Trinajstić information content (AvgIpc) is 2.81. The number of aryl methyl sites for hydroxylation is 2. The van der Waals surface area contributed by atoms with Gasteiger partial charge in [-0.15, -0.1) is 0 Å². The Kier molecular flexibility index (Phi) is 4.65. The first-order valence-corrected chi connectivity index (χ1v) is 7.61. The fraction of sp³-hybridized carbons (Fsp3) is 0.667. The number of nitrogens with zero attached hydrogens (tertiary/aromatic N) is 3. The molecule has 2 atom stereocenters. The SMILES string of the molecule is CCc1cc(CN2C(=O)C(C)NC(=O)CC2C)n(CC)n1. The summed E-state index contributed by atoms with van der Waals surface area (Å²) in [7, 11) is 0. The van der Waals surface area contributed by atoms with Crippen molar-refractivity contribution in [2.24, 2.45) is 0 Å². The maximum absolute atomic E-state index is 12.5. The highest BCUT2D eigenvalue weighted by Gasteiger charge is 2.31. The molecule has 0 aliphatic carbocycles. The third-order valence-electron chi connectivity index (χ3n) is 3.95. The van der Waals surface area contributed by atoms with E-state index < -0.39 is 6.04 Å². The van der Waals surface area contributed by atoms with Crippen LogP contribution in [0.5, 0.6) is 0 Å². The van der Waals surface area contributed by atoms with Gasteiger partial charge in [0.1, 0.15) is 6.04 Å². The molecule has 0 radical (unpaired) electrons. The second kappa shape index (κ2) is 6.28. The highest BCUT2D eigenvalue weighted by molar-refractivity contribution is 5.90. The van der Waals surface area contributed by atoms with Crippen molar-refractivity contribution < 1.29 is 9.59 Å². The van der Waals surface area contributed by atoms with Gasteiger partial charge in [0.2, 0.25) is 11.8 Å². The minimum atomic E-state index is -0.467. The minimum absolute atomic E-state index is 0.0322. The molecular formula is C15H24N4O2. The van der Waals surface area contributed by atoms with E-state index in [1.807, 2.05) is 24.6 Å². The summed E-state index contributed by atoms with van der Waals surface area (Å²) < 4.78 is 1.93. The Balaban J connectivity index is 2.25. The molecule has 0 saturated carbocycles. The summed E-state index contributed by atoms with van der Waals surface area (Å²) >= 11 is 0. The van der Waals surface area contributed by atoms with Crippen molar-refractivity contribution in [3.8, 4) is 0 Å². The molecule has 1 aromatic heterocycles. The van der Waals surface area contributed by atoms with Crippen LogP contribution in [0.15, 0.2) is 6.07 Å². The highest BCUT2D eigenvalue weighted by Crippen LogP contribution is 2.16. The lowest BCUT2D eigenvalue weighted by Gasteiger charge is -2.28. The lowest BCUT2D eigenvalue weighted by Crippen LogP contribution is -2.44. The Bertz CT molecular complexity index is 538. The predicted molar refractivity (Wildman–Crippen MR) is 79.5 cm³/mol. The molecule has 0 bridgehead atoms. The quantitative estimate of drug-likeness (QED) is 0.903. The molecule has 2 unspecified atom stereocenters. The molecule has 1 fully saturated rings. The Labute approximate surface area is 125 Å². The van der Waals surface area contributed by atoms with Crippen molar-refractivity contribution >= 4 is 11.8 Å². The summed E-state index contributed by atoms with van der Waals surface area (Å²) in [6.45, 7) is 9.04. The van der Waals surface area contributed by atoms with Crippen LogP contribution in [0.4, 0.5) is 0 Å². The van der Waals surface area contributed by atoms with Crippen molar-refractivity contribution in [3.63, 3.8) is 0 Å². The molecule has 6 heteroatoms. The van der Waals surface area contributed by atoms with Gasteiger partial charge in [-0.05, 0) is 33.3 Å². The molecule has 116 valence electrons. The van der Waals surface area contributed by atoms with Crippen LogP contribution >= 0.6 is 0 Å². The van der Waals surface area contributed by atoms with Crippen LogP contribution in [-0.2, 0) is 29.1 Å². The van der Waals surface area contributed by atoms with Gasteiger partial charge in [0.25, 0.3) is 0 Å². The topological polar surface area (TPSA) is 67.2 Å². The smallest absolute Gasteiger partial charge is 0.245 e. The van der Waals surface area contributed by atoms with E-state index in [0.29, 0.717) is 13.0 Å². The van der Waals surface area contributed by atoms with Gasteiger partial charge in [0.15, 0.2) is 0 Å². The Morgan fingerprint density at radius 2 is 2.05 bits per heavy atom. The molecule has 0 aromatic carbocycles. The molecule has 1 aliphatic heterocycles. The Hall–Kier alpha value is -1.85. The summed E-state index contributed by atoms with van der Waals surface area (Å²) in [5, 5.41) is 7.25. The van der Waals surface area contributed by atoms with Crippen molar-refractivity contribution in [1.82, 2.24) is 20.0 Å². The second-order valence-corrected chi connectivity index (χ2v) is 5.60. The average molecular weight is 292 g/mol. The minimum Gasteiger partial charge on any atom is -0.345 e. The van der Waals surface area contributed by atoms with E-state index in [9.17, 15) is 9.59 Å². The van der Waals surface area contributed by atoms with Crippen LogP contribution in [0.2, 0.25) is 0 Å². The van der Waals surface area contributed by atoms with Crippen molar-refractivity contribution in [2.75, 3.05) is 0 Å². The zero-order chi connectivity index (χ0) is 15.6. The Morgan fingerprint density at radius 1 is 1.33 bits per heavy atom. The first-order valence-electron chi connectivity index (χ1n) is 7.61. The van der Waals surface area contributed by atoms with E-state index in [-0.39, 0.29) is 17.9 Å². The molecule has 21 heavy (non-hydrogen) atoms. The number of aromatic nitrogens is 2. The molecular weight excluding hydrogens is 268 g/mol. The normalized spacial score (nSPS) is 23.1. The molecule has 1 saturated heterocycles. The number of carbonyl (C=O) groups excluding carboxylic acids is 2. The molecule has 6 nitrogen and oxygen atoms in total. The zero-order valence-corrected chi connectivity index (χ0v) is 13.2. The third kappa shape index (κ3) is 3.25. The summed E-state index contributed by atoms with van der Waals surface area (Å²) in [5.41, 5.74) is 2.06. The molecule has 1 N–H and O–H groups in total. The van der Waals surface area contributed by atoms with Gasteiger partial charge >= 0.3 is 0 Å². The summed E-state index contributed by atoms with van der Waals surface area (Å²) in [6, 6.07) is 1.48. The van der Waals surface area contributed by atoms with Gasteiger partial charge in [0, 0.05) is 19.0 Å². The van der Waals surface area contributed by atoms with Crippen LogP contribution < -0.4 is 5.32 Å². The molecule has 1 aromatic rings. The fourth-order valence-corrected chi connectivity index (χ4v) is 2.70. The standard InChI is InChI=1S/C15H24N4O2/c1-5-12-8-13(19(6-2)17-12)9-18-10(3)7-14(20)16-11(4)15(18)21/h8,10-11H,5-7,9H2,1-4H3,(H,16,20). The van der Waals surface area contributed by atoms with Crippen LogP contribution in [-0.4, -0.2) is 38.6 Å². The van der Waals surface area contributed by atoms with Gasteiger partial charge in [-0.3, -0.25) is 14.3 Å². The first kappa shape index (κ1) is 15.5. The van der Waals surface area contributed by atoms with E-state index in [1.165, 1.54) is 0 Å². The largest absolute Gasteiger partial charge is 0.345 e.